The standard InChI is InChI=1S/C14H8FNO/c15-14-6-11(8-16)5-13(7-14)12-3-1-2-10(4-12)9-17/h1-7,9H. The Morgan fingerprint density at radius 2 is 1.94 bits per heavy atom. The molecular weight excluding hydrogens is 217 g/mol. The van der Waals surface area contributed by atoms with Crippen molar-refractivity contribution in [3.63, 3.8) is 0 Å². The van der Waals surface area contributed by atoms with Crippen molar-refractivity contribution in [2.45, 2.75) is 0 Å². The van der Waals surface area contributed by atoms with Crippen LogP contribution in [0, 0.1) is 17.1 Å². The van der Waals surface area contributed by atoms with Crippen molar-refractivity contribution in [2.75, 3.05) is 0 Å². The van der Waals surface area contributed by atoms with E-state index in [1.54, 1.807) is 30.3 Å². The van der Waals surface area contributed by atoms with Gasteiger partial charge in [-0.05, 0) is 35.4 Å². The molecule has 0 spiro atoms. The Hall–Kier alpha value is -2.47. The van der Waals surface area contributed by atoms with Crippen LogP contribution in [-0.2, 0) is 0 Å². The normalized spacial score (nSPS) is 9.65. The lowest BCUT2D eigenvalue weighted by Crippen LogP contribution is -1.86. The molecule has 0 fully saturated rings. The minimum atomic E-state index is -0.462. The van der Waals surface area contributed by atoms with Gasteiger partial charge in [0.15, 0.2) is 0 Å². The average Bonchev–Trinajstić information content (AvgIpc) is 2.38. The first-order chi connectivity index (χ1) is 8.22. The summed E-state index contributed by atoms with van der Waals surface area (Å²) in [7, 11) is 0. The van der Waals surface area contributed by atoms with Crippen LogP contribution in [0.3, 0.4) is 0 Å². The Morgan fingerprint density at radius 1 is 1.12 bits per heavy atom. The zero-order valence-electron chi connectivity index (χ0n) is 8.85. The Balaban J connectivity index is 2.56. The van der Waals surface area contributed by atoms with E-state index in [9.17, 15) is 9.18 Å². The lowest BCUT2D eigenvalue weighted by molar-refractivity contribution is 0.112. The maximum atomic E-state index is 13.3. The van der Waals surface area contributed by atoms with E-state index >= 15 is 0 Å². The lowest BCUT2D eigenvalue weighted by atomic mass is 10.0. The highest BCUT2D eigenvalue weighted by Gasteiger charge is 2.03. The van der Waals surface area contributed by atoms with Crippen LogP contribution in [-0.4, -0.2) is 6.29 Å². The van der Waals surface area contributed by atoms with Crippen LogP contribution in [0.4, 0.5) is 4.39 Å². The van der Waals surface area contributed by atoms with Crippen LogP contribution in [0.2, 0.25) is 0 Å². The Bertz CT molecular complexity index is 614. The van der Waals surface area contributed by atoms with E-state index in [-0.39, 0.29) is 5.56 Å². The SMILES string of the molecule is N#Cc1cc(F)cc(-c2cccc(C=O)c2)c1. The first kappa shape index (κ1) is 11.0. The van der Waals surface area contributed by atoms with Gasteiger partial charge in [-0.15, -0.1) is 0 Å². The number of hydrogen-bond acceptors (Lipinski definition) is 2. The molecule has 0 saturated heterocycles. The molecule has 0 atom stereocenters. The molecule has 17 heavy (non-hydrogen) atoms. The largest absolute Gasteiger partial charge is 0.298 e. The minimum Gasteiger partial charge on any atom is -0.298 e. The summed E-state index contributed by atoms with van der Waals surface area (Å²) in [6.07, 6.45) is 0.730. The van der Waals surface area contributed by atoms with Crippen LogP contribution in [0.1, 0.15) is 15.9 Å². The van der Waals surface area contributed by atoms with E-state index in [0.29, 0.717) is 16.7 Å². The number of benzene rings is 2. The molecule has 3 heteroatoms. The second kappa shape index (κ2) is 4.58. The molecule has 0 N–H and O–H groups in total. The highest BCUT2D eigenvalue weighted by molar-refractivity contribution is 5.79. The molecule has 0 saturated carbocycles. The lowest BCUT2D eigenvalue weighted by Gasteiger charge is -2.03. The third-order valence-corrected chi connectivity index (χ3v) is 2.38. The predicted molar refractivity (Wildman–Crippen MR) is 61.9 cm³/mol. The number of carbonyl (C=O) groups excluding carboxylic acids is 1. The molecular formula is C14H8FNO. The van der Waals surface area contributed by atoms with Crippen molar-refractivity contribution in [3.05, 3.63) is 59.4 Å². The maximum Gasteiger partial charge on any atom is 0.150 e. The van der Waals surface area contributed by atoms with Gasteiger partial charge in [0.05, 0.1) is 11.6 Å². The van der Waals surface area contributed by atoms with Crippen molar-refractivity contribution in [2.24, 2.45) is 0 Å². The van der Waals surface area contributed by atoms with E-state index in [0.717, 1.165) is 6.29 Å². The molecule has 0 aliphatic heterocycles. The number of halogens is 1. The van der Waals surface area contributed by atoms with Crippen molar-refractivity contribution >= 4 is 6.29 Å². The fourth-order valence-electron chi connectivity index (χ4n) is 1.61. The van der Waals surface area contributed by atoms with E-state index in [4.69, 9.17) is 5.26 Å². The third kappa shape index (κ3) is 2.37. The first-order valence-corrected chi connectivity index (χ1v) is 4.99. The van der Waals surface area contributed by atoms with Gasteiger partial charge in [0, 0.05) is 5.56 Å². The molecule has 2 aromatic rings. The molecule has 2 nitrogen and oxygen atoms in total. The molecule has 0 heterocycles. The quantitative estimate of drug-likeness (QED) is 0.736. The van der Waals surface area contributed by atoms with Gasteiger partial charge in [0.1, 0.15) is 12.1 Å². The van der Waals surface area contributed by atoms with Gasteiger partial charge < -0.3 is 0 Å². The summed E-state index contributed by atoms with van der Waals surface area (Å²) in [6.45, 7) is 0. The molecule has 0 unspecified atom stereocenters. The zero-order valence-corrected chi connectivity index (χ0v) is 8.85. The second-order valence-electron chi connectivity index (χ2n) is 3.58. The third-order valence-electron chi connectivity index (χ3n) is 2.38. The van der Waals surface area contributed by atoms with Crippen LogP contribution in [0.25, 0.3) is 11.1 Å². The summed E-state index contributed by atoms with van der Waals surface area (Å²) >= 11 is 0. The first-order valence-electron chi connectivity index (χ1n) is 4.99. The highest BCUT2D eigenvalue weighted by atomic mass is 19.1. The minimum absolute atomic E-state index is 0.261. The van der Waals surface area contributed by atoms with Gasteiger partial charge in [0.25, 0.3) is 0 Å². The van der Waals surface area contributed by atoms with Crippen molar-refractivity contribution in [1.82, 2.24) is 0 Å². The van der Waals surface area contributed by atoms with Crippen LogP contribution >= 0.6 is 0 Å². The molecule has 82 valence electrons. The summed E-state index contributed by atoms with van der Waals surface area (Å²) in [4.78, 5) is 10.7. The van der Waals surface area contributed by atoms with Crippen LogP contribution in [0.5, 0.6) is 0 Å². The van der Waals surface area contributed by atoms with E-state index in [1.807, 2.05) is 6.07 Å². The van der Waals surface area contributed by atoms with Gasteiger partial charge in [-0.1, -0.05) is 18.2 Å². The maximum absolute atomic E-state index is 13.3. The fraction of sp³-hybridized carbons (Fsp3) is 0. The summed E-state index contributed by atoms with van der Waals surface area (Å²) in [6, 6.07) is 12.8. The monoisotopic (exact) mass is 225 g/mol. The van der Waals surface area contributed by atoms with Crippen LogP contribution in [0.15, 0.2) is 42.5 Å². The van der Waals surface area contributed by atoms with Crippen molar-refractivity contribution in [1.29, 1.82) is 5.26 Å². The fourth-order valence-corrected chi connectivity index (χ4v) is 1.61. The number of nitrogens with zero attached hydrogens (tertiary/aromatic N) is 1. The Kier molecular flexibility index (Phi) is 2.97. The van der Waals surface area contributed by atoms with Gasteiger partial charge >= 0.3 is 0 Å². The van der Waals surface area contributed by atoms with Gasteiger partial charge in [-0.3, -0.25) is 4.79 Å². The molecule has 0 aliphatic rings. The Morgan fingerprint density at radius 3 is 2.65 bits per heavy atom. The summed E-state index contributed by atoms with van der Waals surface area (Å²) in [5, 5.41) is 8.76. The van der Waals surface area contributed by atoms with Gasteiger partial charge in [-0.25, -0.2) is 4.39 Å². The number of rotatable bonds is 2. The summed E-state index contributed by atoms with van der Waals surface area (Å²) in [5.74, 6) is -0.462. The number of hydrogen-bond donors (Lipinski definition) is 0. The van der Waals surface area contributed by atoms with Gasteiger partial charge in [0.2, 0.25) is 0 Å². The number of aldehydes is 1. The molecule has 0 amide bonds. The smallest absolute Gasteiger partial charge is 0.150 e. The predicted octanol–water partition coefficient (Wildman–Crippen LogP) is 3.18. The second-order valence-corrected chi connectivity index (χ2v) is 3.58. The van der Waals surface area contributed by atoms with E-state index < -0.39 is 5.82 Å². The molecule has 2 aromatic carbocycles. The summed E-state index contributed by atoms with van der Waals surface area (Å²) < 4.78 is 13.3. The number of nitriles is 1. The zero-order chi connectivity index (χ0) is 12.3. The van der Waals surface area contributed by atoms with Crippen molar-refractivity contribution < 1.29 is 9.18 Å². The van der Waals surface area contributed by atoms with Crippen LogP contribution < -0.4 is 0 Å². The molecule has 0 aromatic heterocycles. The highest BCUT2D eigenvalue weighted by Crippen LogP contribution is 2.22. The molecule has 0 aliphatic carbocycles. The van der Waals surface area contributed by atoms with E-state index in [2.05, 4.69) is 0 Å². The molecule has 0 radical (unpaired) electrons. The summed E-state index contributed by atoms with van der Waals surface area (Å²) in [5.41, 5.74) is 2.08. The molecule has 0 bridgehead atoms. The number of carbonyl (C=O) groups is 1. The molecule has 2 rings (SSSR count). The van der Waals surface area contributed by atoms with Gasteiger partial charge in [-0.2, -0.15) is 5.26 Å². The average molecular weight is 225 g/mol. The van der Waals surface area contributed by atoms with E-state index in [1.165, 1.54) is 12.1 Å². The Labute approximate surface area is 97.9 Å². The topological polar surface area (TPSA) is 40.9 Å². The van der Waals surface area contributed by atoms with Crippen molar-refractivity contribution in [3.8, 4) is 17.2 Å².